The summed E-state index contributed by atoms with van der Waals surface area (Å²) in [6.07, 6.45) is 5.91. The molecule has 0 aliphatic carbocycles. The standard InChI is InChI=1S/C18H19NO.C9H14/c1-13(2)15-8-6-10-17(12-15)19(4)18(20)16-9-5-7-14(3)11-16;1-5-7-9(4)8(3)6-2/h5-12H,1H2,2-4H3;5-7H,1H2,2-4H3/b;8-6-,9-7-. The number of carbonyl (C=O) groups is 1. The van der Waals surface area contributed by atoms with Gasteiger partial charge in [0.1, 0.15) is 0 Å². The molecule has 0 unspecified atom stereocenters. The van der Waals surface area contributed by atoms with Gasteiger partial charge in [-0.2, -0.15) is 0 Å². The first-order chi connectivity index (χ1) is 13.7. The van der Waals surface area contributed by atoms with Crippen molar-refractivity contribution < 1.29 is 4.79 Å². The molecule has 2 nitrogen and oxygen atoms in total. The third-order valence-corrected chi connectivity index (χ3v) is 4.72. The van der Waals surface area contributed by atoms with Gasteiger partial charge in [-0.15, -0.1) is 0 Å². The van der Waals surface area contributed by atoms with Gasteiger partial charge < -0.3 is 4.90 Å². The molecule has 0 atom stereocenters. The molecule has 0 saturated heterocycles. The van der Waals surface area contributed by atoms with Gasteiger partial charge in [0.05, 0.1) is 0 Å². The van der Waals surface area contributed by atoms with Crippen LogP contribution in [-0.2, 0) is 0 Å². The molecule has 1 amide bonds. The predicted octanol–water partition coefficient (Wildman–Crippen LogP) is 7.39. The minimum absolute atomic E-state index is 0.00688. The number of rotatable bonds is 5. The van der Waals surface area contributed by atoms with E-state index in [-0.39, 0.29) is 5.91 Å². The van der Waals surface area contributed by atoms with Gasteiger partial charge in [-0.3, -0.25) is 4.79 Å². The maximum absolute atomic E-state index is 12.5. The van der Waals surface area contributed by atoms with Crippen LogP contribution in [0.15, 0.2) is 91.1 Å². The number of hydrogen-bond donors (Lipinski definition) is 0. The fourth-order valence-corrected chi connectivity index (χ4v) is 2.60. The number of anilines is 1. The summed E-state index contributed by atoms with van der Waals surface area (Å²) in [5.41, 5.74) is 7.29. The normalized spacial score (nSPS) is 11.2. The van der Waals surface area contributed by atoms with E-state index in [0.29, 0.717) is 5.56 Å². The summed E-state index contributed by atoms with van der Waals surface area (Å²) in [6.45, 7) is 17.7. The molecule has 0 bridgehead atoms. The van der Waals surface area contributed by atoms with Crippen molar-refractivity contribution in [1.82, 2.24) is 0 Å². The van der Waals surface area contributed by atoms with Crippen molar-refractivity contribution in [2.75, 3.05) is 11.9 Å². The van der Waals surface area contributed by atoms with E-state index in [1.165, 1.54) is 11.1 Å². The van der Waals surface area contributed by atoms with Crippen molar-refractivity contribution in [1.29, 1.82) is 0 Å². The molecular weight excluding hydrogens is 354 g/mol. The zero-order valence-corrected chi connectivity index (χ0v) is 18.6. The summed E-state index contributed by atoms with van der Waals surface area (Å²) in [7, 11) is 1.79. The number of aryl methyl sites for hydroxylation is 1. The lowest BCUT2D eigenvalue weighted by molar-refractivity contribution is 0.0993. The first kappa shape index (κ1) is 23.9. The highest BCUT2D eigenvalue weighted by molar-refractivity contribution is 6.06. The van der Waals surface area contributed by atoms with E-state index < -0.39 is 0 Å². The third-order valence-electron chi connectivity index (χ3n) is 4.72. The molecule has 2 aromatic carbocycles. The molecule has 0 heterocycles. The van der Waals surface area contributed by atoms with Crippen LogP contribution in [0.1, 0.15) is 49.2 Å². The Morgan fingerprint density at radius 3 is 2.14 bits per heavy atom. The Bertz CT molecular complexity index is 931. The van der Waals surface area contributed by atoms with Gasteiger partial charge in [0, 0.05) is 18.3 Å². The van der Waals surface area contributed by atoms with E-state index in [0.717, 1.165) is 22.4 Å². The van der Waals surface area contributed by atoms with Crippen molar-refractivity contribution in [3.63, 3.8) is 0 Å². The molecule has 29 heavy (non-hydrogen) atoms. The van der Waals surface area contributed by atoms with Crippen LogP contribution in [0.3, 0.4) is 0 Å². The van der Waals surface area contributed by atoms with Crippen LogP contribution in [0.4, 0.5) is 5.69 Å². The van der Waals surface area contributed by atoms with Gasteiger partial charge in [0.2, 0.25) is 0 Å². The monoisotopic (exact) mass is 387 g/mol. The van der Waals surface area contributed by atoms with Gasteiger partial charge in [0.25, 0.3) is 5.91 Å². The molecule has 0 aromatic heterocycles. The quantitative estimate of drug-likeness (QED) is 0.490. The molecule has 0 radical (unpaired) electrons. The number of hydrogen-bond acceptors (Lipinski definition) is 1. The van der Waals surface area contributed by atoms with Gasteiger partial charge in [-0.05, 0) is 70.0 Å². The molecule has 2 rings (SSSR count). The molecule has 0 N–H and O–H groups in total. The molecule has 2 heteroatoms. The summed E-state index contributed by atoms with van der Waals surface area (Å²) in [4.78, 5) is 14.1. The summed E-state index contributed by atoms with van der Waals surface area (Å²) < 4.78 is 0. The van der Waals surface area contributed by atoms with Gasteiger partial charge in [-0.1, -0.05) is 72.4 Å². The Morgan fingerprint density at radius 1 is 0.966 bits per heavy atom. The van der Waals surface area contributed by atoms with Crippen LogP contribution >= 0.6 is 0 Å². The van der Waals surface area contributed by atoms with Crippen LogP contribution in [0, 0.1) is 6.92 Å². The number of carbonyl (C=O) groups excluding carboxylic acids is 1. The Kier molecular flexibility index (Phi) is 9.61. The van der Waals surface area contributed by atoms with Crippen LogP contribution in [0.2, 0.25) is 0 Å². The minimum Gasteiger partial charge on any atom is -0.311 e. The van der Waals surface area contributed by atoms with E-state index in [2.05, 4.69) is 33.1 Å². The second kappa shape index (κ2) is 11.7. The number of benzene rings is 2. The molecule has 0 spiro atoms. The highest BCUT2D eigenvalue weighted by atomic mass is 16.2. The first-order valence-electron chi connectivity index (χ1n) is 9.74. The zero-order valence-electron chi connectivity index (χ0n) is 18.6. The van der Waals surface area contributed by atoms with Crippen LogP contribution in [0.5, 0.6) is 0 Å². The predicted molar refractivity (Wildman–Crippen MR) is 128 cm³/mol. The average molecular weight is 388 g/mol. The Labute approximate surface area is 176 Å². The second-order valence-electron chi connectivity index (χ2n) is 7.12. The summed E-state index contributed by atoms with van der Waals surface area (Å²) in [6, 6.07) is 15.5. The molecular formula is C27H33NO. The first-order valence-corrected chi connectivity index (χ1v) is 9.74. The highest BCUT2D eigenvalue weighted by Crippen LogP contribution is 2.21. The van der Waals surface area contributed by atoms with Crippen molar-refractivity contribution in [3.8, 4) is 0 Å². The molecule has 0 saturated carbocycles. The van der Waals surface area contributed by atoms with Gasteiger partial charge in [0.15, 0.2) is 0 Å². The van der Waals surface area contributed by atoms with E-state index in [4.69, 9.17) is 0 Å². The minimum atomic E-state index is -0.00688. The van der Waals surface area contributed by atoms with E-state index in [9.17, 15) is 4.79 Å². The smallest absolute Gasteiger partial charge is 0.258 e. The fourth-order valence-electron chi connectivity index (χ4n) is 2.60. The molecule has 0 aliphatic heterocycles. The lowest BCUT2D eigenvalue weighted by Gasteiger charge is -2.18. The molecule has 152 valence electrons. The lowest BCUT2D eigenvalue weighted by Crippen LogP contribution is -2.26. The Balaban J connectivity index is 0.000000396. The number of allylic oxidation sites excluding steroid dienone is 6. The lowest BCUT2D eigenvalue weighted by atomic mass is 10.1. The number of nitrogens with zero attached hydrogens (tertiary/aromatic N) is 1. The fraction of sp³-hybridized carbons (Fsp3) is 0.222. The van der Waals surface area contributed by atoms with Crippen molar-refractivity contribution >= 4 is 17.2 Å². The van der Waals surface area contributed by atoms with E-state index >= 15 is 0 Å². The molecule has 0 aliphatic rings. The molecule has 0 fully saturated rings. The van der Waals surface area contributed by atoms with E-state index in [1.54, 1.807) is 11.9 Å². The van der Waals surface area contributed by atoms with Crippen molar-refractivity contribution in [3.05, 3.63) is 108 Å². The molecule has 2 aromatic rings. The Hall–Kier alpha value is -3.13. The van der Waals surface area contributed by atoms with Crippen molar-refractivity contribution in [2.45, 2.75) is 34.6 Å². The van der Waals surface area contributed by atoms with Gasteiger partial charge >= 0.3 is 0 Å². The third kappa shape index (κ3) is 7.42. The SMILES string of the molecule is C=C(C)c1cccc(N(C)C(=O)c2cccc(C)c2)c1.C=C/C=C(C)\C(C)=C/C. The summed E-state index contributed by atoms with van der Waals surface area (Å²) in [5.74, 6) is -0.00688. The maximum atomic E-state index is 12.5. The van der Waals surface area contributed by atoms with Crippen molar-refractivity contribution in [2.24, 2.45) is 0 Å². The maximum Gasteiger partial charge on any atom is 0.258 e. The number of amides is 1. The van der Waals surface area contributed by atoms with Crippen LogP contribution in [0.25, 0.3) is 5.57 Å². The summed E-state index contributed by atoms with van der Waals surface area (Å²) in [5, 5.41) is 0. The van der Waals surface area contributed by atoms with Crippen LogP contribution in [-0.4, -0.2) is 13.0 Å². The zero-order chi connectivity index (χ0) is 22.0. The summed E-state index contributed by atoms with van der Waals surface area (Å²) >= 11 is 0. The topological polar surface area (TPSA) is 20.3 Å². The van der Waals surface area contributed by atoms with Gasteiger partial charge in [-0.25, -0.2) is 0 Å². The van der Waals surface area contributed by atoms with E-state index in [1.807, 2.05) is 81.5 Å². The highest BCUT2D eigenvalue weighted by Gasteiger charge is 2.13. The average Bonchev–Trinajstić information content (AvgIpc) is 2.72. The second-order valence-corrected chi connectivity index (χ2v) is 7.12. The van der Waals surface area contributed by atoms with Crippen LogP contribution < -0.4 is 4.90 Å². The largest absolute Gasteiger partial charge is 0.311 e. The Morgan fingerprint density at radius 2 is 1.59 bits per heavy atom.